The fraction of sp³-hybridized carbons (Fsp3) is 0.500. The second-order valence-electron chi connectivity index (χ2n) is 5.02. The van der Waals surface area contributed by atoms with E-state index in [-0.39, 0.29) is 24.1 Å². The summed E-state index contributed by atoms with van der Waals surface area (Å²) in [7, 11) is 0. The summed E-state index contributed by atoms with van der Waals surface area (Å²) in [5.41, 5.74) is -1.20. The molecule has 7 heteroatoms. The molecule has 2 N–H and O–H groups in total. The Bertz CT molecular complexity index is 510. The summed E-state index contributed by atoms with van der Waals surface area (Å²) in [6.45, 7) is 0.453. The highest BCUT2D eigenvalue weighted by molar-refractivity contribution is 5.81. The number of halogens is 4. The van der Waals surface area contributed by atoms with Crippen LogP contribution in [0.3, 0.4) is 0 Å². The Morgan fingerprint density at radius 3 is 2.71 bits per heavy atom. The normalized spacial score (nSPS) is 19.3. The van der Waals surface area contributed by atoms with Crippen molar-refractivity contribution in [3.63, 3.8) is 0 Å². The molecular weight excluding hydrogens is 288 g/mol. The number of nitrogens with one attached hydrogen (secondary N) is 2. The van der Waals surface area contributed by atoms with Gasteiger partial charge in [-0.05, 0) is 37.1 Å². The highest BCUT2D eigenvalue weighted by Gasteiger charge is 2.34. The van der Waals surface area contributed by atoms with Crippen LogP contribution in [0.5, 0.6) is 0 Å². The number of hydrogen-bond acceptors (Lipinski definition) is 2. The summed E-state index contributed by atoms with van der Waals surface area (Å²) in [4.78, 5) is 11.9. The van der Waals surface area contributed by atoms with Crippen LogP contribution in [0.25, 0.3) is 0 Å². The fourth-order valence-electron chi connectivity index (χ4n) is 2.35. The third-order valence-electron chi connectivity index (χ3n) is 3.46. The minimum Gasteiger partial charge on any atom is -0.351 e. The van der Waals surface area contributed by atoms with Crippen LogP contribution in [0.1, 0.15) is 30.4 Å². The van der Waals surface area contributed by atoms with E-state index in [1.165, 1.54) is 0 Å². The van der Waals surface area contributed by atoms with E-state index >= 15 is 0 Å². The SMILES string of the molecule is O=C(NCc1ccc(F)cc1C(F)(F)F)C1CCCCN1. The fourth-order valence-corrected chi connectivity index (χ4v) is 2.35. The zero-order chi connectivity index (χ0) is 15.5. The van der Waals surface area contributed by atoms with E-state index in [1.807, 2.05) is 0 Å². The molecule has 2 rings (SSSR count). The highest BCUT2D eigenvalue weighted by Crippen LogP contribution is 2.32. The molecule has 1 fully saturated rings. The summed E-state index contributed by atoms with van der Waals surface area (Å²) in [6, 6.07) is 2.08. The predicted octanol–water partition coefficient (Wildman–Crippen LogP) is 2.60. The highest BCUT2D eigenvalue weighted by atomic mass is 19.4. The largest absolute Gasteiger partial charge is 0.416 e. The average molecular weight is 304 g/mol. The summed E-state index contributed by atoms with van der Waals surface area (Å²) in [5, 5.41) is 5.49. The molecular formula is C14H16F4N2O. The molecule has 1 amide bonds. The maximum Gasteiger partial charge on any atom is 0.416 e. The molecule has 1 aliphatic heterocycles. The minimum atomic E-state index is -4.65. The Hall–Kier alpha value is -1.63. The van der Waals surface area contributed by atoms with Crippen molar-refractivity contribution in [2.45, 2.75) is 38.0 Å². The van der Waals surface area contributed by atoms with E-state index in [1.54, 1.807) is 0 Å². The molecule has 0 aliphatic carbocycles. The first-order chi connectivity index (χ1) is 9.88. The summed E-state index contributed by atoms with van der Waals surface area (Å²) in [6.07, 6.45) is -2.08. The maximum atomic E-state index is 13.0. The predicted molar refractivity (Wildman–Crippen MR) is 68.9 cm³/mol. The molecule has 3 nitrogen and oxygen atoms in total. The third kappa shape index (κ3) is 4.17. The van der Waals surface area contributed by atoms with Crippen molar-refractivity contribution in [1.82, 2.24) is 10.6 Å². The monoisotopic (exact) mass is 304 g/mol. The van der Waals surface area contributed by atoms with Gasteiger partial charge in [-0.15, -0.1) is 0 Å². The topological polar surface area (TPSA) is 41.1 Å². The second kappa shape index (κ2) is 6.43. The van der Waals surface area contributed by atoms with Gasteiger partial charge in [0.1, 0.15) is 5.82 Å². The second-order valence-corrected chi connectivity index (χ2v) is 5.02. The first kappa shape index (κ1) is 15.8. The number of alkyl halides is 3. The summed E-state index contributed by atoms with van der Waals surface area (Å²) < 4.78 is 51.4. The molecule has 1 unspecified atom stereocenters. The van der Waals surface area contributed by atoms with Crippen LogP contribution in [0.15, 0.2) is 18.2 Å². The molecule has 1 aromatic carbocycles. The quantitative estimate of drug-likeness (QED) is 0.843. The first-order valence-corrected chi connectivity index (χ1v) is 6.74. The van der Waals surface area contributed by atoms with Crippen molar-refractivity contribution in [1.29, 1.82) is 0 Å². The van der Waals surface area contributed by atoms with Gasteiger partial charge in [0.15, 0.2) is 0 Å². The summed E-state index contributed by atoms with van der Waals surface area (Å²) >= 11 is 0. The average Bonchev–Trinajstić information content (AvgIpc) is 2.45. The Kier molecular flexibility index (Phi) is 4.82. The molecule has 21 heavy (non-hydrogen) atoms. The molecule has 1 saturated heterocycles. The van der Waals surface area contributed by atoms with Crippen molar-refractivity contribution in [3.05, 3.63) is 35.1 Å². The molecule has 0 bridgehead atoms. The molecule has 1 aliphatic rings. The van der Waals surface area contributed by atoms with Gasteiger partial charge in [0.2, 0.25) is 5.91 Å². The van der Waals surface area contributed by atoms with E-state index < -0.39 is 17.6 Å². The van der Waals surface area contributed by atoms with Crippen molar-refractivity contribution in [2.75, 3.05) is 6.54 Å². The van der Waals surface area contributed by atoms with Gasteiger partial charge >= 0.3 is 6.18 Å². The molecule has 0 aromatic heterocycles. The molecule has 1 atom stereocenters. The first-order valence-electron chi connectivity index (χ1n) is 6.74. The van der Waals surface area contributed by atoms with Gasteiger partial charge in [-0.1, -0.05) is 12.5 Å². The Balaban J connectivity index is 2.04. The van der Waals surface area contributed by atoms with Gasteiger partial charge in [0.25, 0.3) is 0 Å². The van der Waals surface area contributed by atoms with E-state index in [0.29, 0.717) is 12.5 Å². The molecule has 116 valence electrons. The molecule has 0 saturated carbocycles. The van der Waals surface area contributed by atoms with Crippen LogP contribution in [-0.4, -0.2) is 18.5 Å². The Morgan fingerprint density at radius 1 is 1.33 bits per heavy atom. The minimum absolute atomic E-state index is 0.145. The number of carbonyl (C=O) groups is 1. The zero-order valence-corrected chi connectivity index (χ0v) is 11.3. The van der Waals surface area contributed by atoms with Crippen LogP contribution in [0, 0.1) is 5.82 Å². The van der Waals surface area contributed by atoms with Crippen molar-refractivity contribution in [3.8, 4) is 0 Å². The lowest BCUT2D eigenvalue weighted by atomic mass is 10.0. The molecule has 0 radical (unpaired) electrons. The van der Waals surface area contributed by atoms with Crippen molar-refractivity contribution in [2.24, 2.45) is 0 Å². The van der Waals surface area contributed by atoms with Gasteiger partial charge in [0, 0.05) is 6.54 Å². The van der Waals surface area contributed by atoms with E-state index in [4.69, 9.17) is 0 Å². The maximum absolute atomic E-state index is 13.0. The zero-order valence-electron chi connectivity index (χ0n) is 11.3. The van der Waals surface area contributed by atoms with Gasteiger partial charge in [0.05, 0.1) is 11.6 Å². The van der Waals surface area contributed by atoms with Crippen LogP contribution in [0.4, 0.5) is 17.6 Å². The van der Waals surface area contributed by atoms with Crippen LogP contribution >= 0.6 is 0 Å². The lowest BCUT2D eigenvalue weighted by molar-refractivity contribution is -0.138. The number of piperidine rings is 1. The molecule has 1 aromatic rings. The van der Waals surface area contributed by atoms with E-state index in [2.05, 4.69) is 10.6 Å². The van der Waals surface area contributed by atoms with Gasteiger partial charge in [-0.3, -0.25) is 4.79 Å². The smallest absolute Gasteiger partial charge is 0.351 e. The third-order valence-corrected chi connectivity index (χ3v) is 3.46. The van der Waals surface area contributed by atoms with Gasteiger partial charge in [-0.25, -0.2) is 4.39 Å². The Morgan fingerprint density at radius 2 is 2.10 bits per heavy atom. The molecule has 1 heterocycles. The van der Waals surface area contributed by atoms with Crippen LogP contribution in [0.2, 0.25) is 0 Å². The standard InChI is InChI=1S/C14H16F4N2O/c15-10-5-4-9(11(7-10)14(16,17)18)8-20-13(21)12-3-1-2-6-19-12/h4-5,7,12,19H,1-3,6,8H2,(H,20,21). The number of rotatable bonds is 3. The lowest BCUT2D eigenvalue weighted by Gasteiger charge is -2.23. The number of carbonyl (C=O) groups excluding carboxylic acids is 1. The van der Waals surface area contributed by atoms with Crippen LogP contribution < -0.4 is 10.6 Å². The van der Waals surface area contributed by atoms with Gasteiger partial charge in [-0.2, -0.15) is 13.2 Å². The Labute approximate surface area is 119 Å². The van der Waals surface area contributed by atoms with Crippen molar-refractivity contribution < 1.29 is 22.4 Å². The number of amides is 1. The van der Waals surface area contributed by atoms with Crippen molar-refractivity contribution >= 4 is 5.91 Å². The van der Waals surface area contributed by atoms with Crippen LogP contribution in [-0.2, 0) is 17.5 Å². The lowest BCUT2D eigenvalue weighted by Crippen LogP contribution is -2.46. The van der Waals surface area contributed by atoms with Gasteiger partial charge < -0.3 is 10.6 Å². The number of hydrogen-bond donors (Lipinski definition) is 2. The molecule has 0 spiro atoms. The van der Waals surface area contributed by atoms with E-state index in [0.717, 1.165) is 31.5 Å². The summed E-state index contributed by atoms with van der Waals surface area (Å²) in [5.74, 6) is -1.28. The van der Waals surface area contributed by atoms with E-state index in [9.17, 15) is 22.4 Å². The number of benzene rings is 1.